The number of anilines is 1. The van der Waals surface area contributed by atoms with Crippen LogP contribution in [0.5, 0.6) is 0 Å². The van der Waals surface area contributed by atoms with Gasteiger partial charge in [0.25, 0.3) is 0 Å². The molecule has 1 aliphatic rings. The van der Waals surface area contributed by atoms with E-state index in [0.29, 0.717) is 0 Å². The zero-order chi connectivity index (χ0) is 15.1. The minimum atomic E-state index is -0.250. The molecule has 1 fully saturated rings. The van der Waals surface area contributed by atoms with Gasteiger partial charge in [0.05, 0.1) is 6.04 Å². The number of nitrogens with two attached hydrogens (primary N) is 1. The van der Waals surface area contributed by atoms with E-state index in [-0.39, 0.29) is 11.9 Å². The minimum Gasteiger partial charge on any atom is -0.369 e. The summed E-state index contributed by atoms with van der Waals surface area (Å²) < 4.78 is 0. The molecular weight excluding hydrogens is 264 g/mol. The van der Waals surface area contributed by atoms with E-state index in [0.717, 1.165) is 45.7 Å². The van der Waals surface area contributed by atoms with E-state index in [1.54, 1.807) is 0 Å². The molecule has 1 aliphatic heterocycles. The molecule has 1 atom stereocenters. The van der Waals surface area contributed by atoms with Crippen molar-refractivity contribution in [2.75, 3.05) is 44.2 Å². The summed E-state index contributed by atoms with van der Waals surface area (Å²) in [6.07, 6.45) is 0.786. The van der Waals surface area contributed by atoms with Crippen molar-refractivity contribution in [3.8, 4) is 0 Å². The molecule has 116 valence electrons. The van der Waals surface area contributed by atoms with E-state index in [1.807, 2.05) is 13.0 Å². The Labute approximate surface area is 127 Å². The van der Waals surface area contributed by atoms with Gasteiger partial charge in [-0.3, -0.25) is 9.69 Å². The quantitative estimate of drug-likeness (QED) is 0.774. The van der Waals surface area contributed by atoms with Gasteiger partial charge < -0.3 is 16.0 Å². The van der Waals surface area contributed by atoms with Crippen molar-refractivity contribution >= 4 is 11.6 Å². The number of primary amides is 1. The maximum Gasteiger partial charge on any atom is 0.234 e. The molecule has 0 saturated carbocycles. The summed E-state index contributed by atoms with van der Waals surface area (Å²) in [6.45, 7) is 7.82. The Bertz CT molecular complexity index is 429. The third-order valence-corrected chi connectivity index (χ3v) is 4.02. The zero-order valence-corrected chi connectivity index (χ0v) is 12.8. The highest BCUT2D eigenvalue weighted by molar-refractivity contribution is 5.79. The molecule has 2 rings (SSSR count). The van der Waals surface area contributed by atoms with Crippen molar-refractivity contribution in [3.63, 3.8) is 0 Å². The Hall–Kier alpha value is -1.59. The highest BCUT2D eigenvalue weighted by Crippen LogP contribution is 2.15. The topological polar surface area (TPSA) is 61.6 Å². The first-order chi connectivity index (χ1) is 10.2. The first kappa shape index (κ1) is 15.8. The lowest BCUT2D eigenvalue weighted by molar-refractivity contribution is -0.120. The van der Waals surface area contributed by atoms with Crippen LogP contribution in [-0.2, 0) is 4.79 Å². The highest BCUT2D eigenvalue weighted by Gasteiger charge is 2.19. The molecule has 1 unspecified atom stereocenters. The minimum absolute atomic E-state index is 0.206. The predicted molar refractivity (Wildman–Crippen MR) is 86.4 cm³/mol. The number of hydrogen-bond acceptors (Lipinski definition) is 4. The fraction of sp³-hybridized carbons (Fsp3) is 0.562. The second-order valence-corrected chi connectivity index (χ2v) is 5.47. The molecule has 3 N–H and O–H groups in total. The van der Waals surface area contributed by atoms with E-state index >= 15 is 0 Å². The summed E-state index contributed by atoms with van der Waals surface area (Å²) >= 11 is 0. The van der Waals surface area contributed by atoms with E-state index in [9.17, 15) is 4.79 Å². The molecule has 1 aromatic rings. The summed E-state index contributed by atoms with van der Waals surface area (Å²) in [6, 6.07) is 10.3. The average molecular weight is 290 g/mol. The predicted octanol–water partition coefficient (Wildman–Crippen LogP) is 0.662. The van der Waals surface area contributed by atoms with Gasteiger partial charge in [-0.1, -0.05) is 25.1 Å². The molecule has 5 heteroatoms. The van der Waals surface area contributed by atoms with Gasteiger partial charge in [-0.05, 0) is 25.1 Å². The van der Waals surface area contributed by atoms with Gasteiger partial charge >= 0.3 is 0 Å². The molecule has 1 heterocycles. The Balaban J connectivity index is 1.75. The third kappa shape index (κ3) is 4.72. The molecule has 0 bridgehead atoms. The van der Waals surface area contributed by atoms with Crippen molar-refractivity contribution in [1.82, 2.24) is 10.2 Å². The van der Waals surface area contributed by atoms with E-state index in [4.69, 9.17) is 5.73 Å². The highest BCUT2D eigenvalue weighted by atomic mass is 16.1. The summed E-state index contributed by atoms with van der Waals surface area (Å²) in [7, 11) is 0. The fourth-order valence-electron chi connectivity index (χ4n) is 2.77. The summed E-state index contributed by atoms with van der Waals surface area (Å²) in [5.41, 5.74) is 6.70. The molecule has 1 aromatic carbocycles. The van der Waals surface area contributed by atoms with Gasteiger partial charge in [0.1, 0.15) is 0 Å². The van der Waals surface area contributed by atoms with Crippen LogP contribution in [0.1, 0.15) is 13.3 Å². The smallest absolute Gasteiger partial charge is 0.234 e. The van der Waals surface area contributed by atoms with Gasteiger partial charge in [0, 0.05) is 38.4 Å². The monoisotopic (exact) mass is 290 g/mol. The molecule has 0 aliphatic carbocycles. The molecule has 21 heavy (non-hydrogen) atoms. The number of benzene rings is 1. The number of rotatable bonds is 7. The second kappa shape index (κ2) is 8.00. The Morgan fingerprint density at radius 1 is 1.24 bits per heavy atom. The van der Waals surface area contributed by atoms with Crippen LogP contribution in [0.25, 0.3) is 0 Å². The van der Waals surface area contributed by atoms with E-state index < -0.39 is 0 Å². The molecule has 1 amide bonds. The standard InChI is InChI=1S/C16H26N4O/c1-2-18-15(16(17)21)8-9-19-10-12-20(13-11-19)14-6-4-3-5-7-14/h3-7,15,18H,2,8-13H2,1H3,(H2,17,21). The van der Waals surface area contributed by atoms with Crippen LogP contribution in [0.15, 0.2) is 30.3 Å². The van der Waals surface area contributed by atoms with Crippen LogP contribution in [0.3, 0.4) is 0 Å². The molecule has 0 aromatic heterocycles. The van der Waals surface area contributed by atoms with Crippen molar-refractivity contribution in [1.29, 1.82) is 0 Å². The lowest BCUT2D eigenvalue weighted by Crippen LogP contribution is -2.49. The van der Waals surface area contributed by atoms with Crippen molar-refractivity contribution in [3.05, 3.63) is 30.3 Å². The third-order valence-electron chi connectivity index (χ3n) is 4.02. The molecule has 1 saturated heterocycles. The Morgan fingerprint density at radius 2 is 1.90 bits per heavy atom. The maximum absolute atomic E-state index is 11.3. The van der Waals surface area contributed by atoms with Crippen LogP contribution >= 0.6 is 0 Å². The number of likely N-dealkylation sites (N-methyl/N-ethyl adjacent to an activating group) is 1. The van der Waals surface area contributed by atoms with Crippen molar-refractivity contribution in [2.45, 2.75) is 19.4 Å². The number of para-hydroxylation sites is 1. The first-order valence-corrected chi connectivity index (χ1v) is 7.75. The number of carbonyl (C=O) groups is 1. The average Bonchev–Trinajstić information content (AvgIpc) is 2.52. The van der Waals surface area contributed by atoms with Gasteiger partial charge in [0.2, 0.25) is 5.91 Å². The van der Waals surface area contributed by atoms with Crippen LogP contribution in [-0.4, -0.2) is 56.1 Å². The van der Waals surface area contributed by atoms with Gasteiger partial charge in [-0.25, -0.2) is 0 Å². The lowest BCUT2D eigenvalue weighted by atomic mass is 10.1. The number of nitrogens with one attached hydrogen (secondary N) is 1. The normalized spacial score (nSPS) is 17.7. The molecule has 0 radical (unpaired) electrons. The van der Waals surface area contributed by atoms with Crippen LogP contribution in [0, 0.1) is 0 Å². The zero-order valence-electron chi connectivity index (χ0n) is 12.8. The van der Waals surface area contributed by atoms with Gasteiger partial charge in [-0.2, -0.15) is 0 Å². The van der Waals surface area contributed by atoms with Crippen molar-refractivity contribution in [2.24, 2.45) is 5.73 Å². The van der Waals surface area contributed by atoms with E-state index in [2.05, 4.69) is 39.4 Å². The van der Waals surface area contributed by atoms with Gasteiger partial charge in [0.15, 0.2) is 0 Å². The maximum atomic E-state index is 11.3. The number of hydrogen-bond donors (Lipinski definition) is 2. The second-order valence-electron chi connectivity index (χ2n) is 5.47. The van der Waals surface area contributed by atoms with Crippen LogP contribution < -0.4 is 16.0 Å². The van der Waals surface area contributed by atoms with Crippen LogP contribution in [0.4, 0.5) is 5.69 Å². The number of piperazine rings is 1. The Kier molecular flexibility index (Phi) is 6.02. The molecular formula is C16H26N4O. The molecule has 5 nitrogen and oxygen atoms in total. The lowest BCUT2D eigenvalue weighted by Gasteiger charge is -2.36. The van der Waals surface area contributed by atoms with Gasteiger partial charge in [-0.15, -0.1) is 0 Å². The van der Waals surface area contributed by atoms with E-state index in [1.165, 1.54) is 5.69 Å². The summed E-state index contributed by atoms with van der Waals surface area (Å²) in [4.78, 5) is 16.2. The number of carbonyl (C=O) groups excluding carboxylic acids is 1. The Morgan fingerprint density at radius 3 is 2.48 bits per heavy atom. The van der Waals surface area contributed by atoms with Crippen molar-refractivity contribution < 1.29 is 4.79 Å². The largest absolute Gasteiger partial charge is 0.369 e. The first-order valence-electron chi connectivity index (χ1n) is 7.75. The number of amides is 1. The number of nitrogens with zero attached hydrogens (tertiary/aromatic N) is 2. The SMILES string of the molecule is CCNC(CCN1CCN(c2ccccc2)CC1)C(N)=O. The van der Waals surface area contributed by atoms with Crippen LogP contribution in [0.2, 0.25) is 0 Å². The fourth-order valence-corrected chi connectivity index (χ4v) is 2.77. The summed E-state index contributed by atoms with van der Waals surface area (Å²) in [5, 5.41) is 3.14. The summed E-state index contributed by atoms with van der Waals surface area (Å²) in [5.74, 6) is -0.250. The molecule has 0 spiro atoms.